The largest absolute Gasteiger partial charge is 0.444 e. The van der Waals surface area contributed by atoms with E-state index in [2.05, 4.69) is 0 Å². The lowest BCUT2D eigenvalue weighted by molar-refractivity contribution is -0.396. The summed E-state index contributed by atoms with van der Waals surface area (Å²) in [5.74, 6) is 0. The van der Waals surface area contributed by atoms with Gasteiger partial charge >= 0.3 is 12.2 Å². The summed E-state index contributed by atoms with van der Waals surface area (Å²) in [5, 5.41) is 44.5. The van der Waals surface area contributed by atoms with Crippen molar-refractivity contribution in [2.24, 2.45) is 0 Å². The van der Waals surface area contributed by atoms with Crippen molar-refractivity contribution in [3.05, 3.63) is 88.0 Å². The number of benzene rings is 2. The summed E-state index contributed by atoms with van der Waals surface area (Å²) < 4.78 is 9.46. The van der Waals surface area contributed by atoms with Crippen LogP contribution in [-0.2, 0) is 22.7 Å². The van der Waals surface area contributed by atoms with E-state index in [9.17, 15) is 50.0 Å². The van der Waals surface area contributed by atoms with Crippen molar-refractivity contribution in [2.75, 3.05) is 7.05 Å². The van der Waals surface area contributed by atoms with Gasteiger partial charge in [-0.2, -0.15) is 0 Å². The van der Waals surface area contributed by atoms with Crippen molar-refractivity contribution in [3.8, 4) is 0 Å². The van der Waals surface area contributed by atoms with E-state index in [1.807, 2.05) is 0 Å². The van der Waals surface area contributed by atoms with Gasteiger partial charge in [-0.1, -0.05) is 0 Å². The second-order valence-electron chi connectivity index (χ2n) is 6.25. The van der Waals surface area contributed by atoms with Crippen LogP contribution in [0, 0.1) is 40.5 Å². The molecule has 0 aliphatic heterocycles. The minimum atomic E-state index is -1.44. The molecule has 34 heavy (non-hydrogen) atoms. The van der Waals surface area contributed by atoms with Crippen molar-refractivity contribution in [3.63, 3.8) is 0 Å². The third-order valence-electron chi connectivity index (χ3n) is 4.27. The molecule has 0 atom stereocenters. The Morgan fingerprint density at radius 3 is 1.18 bits per heavy atom. The maximum absolute atomic E-state index is 12.1. The predicted octanol–water partition coefficient (Wildman–Crippen LogP) is 3.22. The Hall–Kier alpha value is -5.22. The summed E-state index contributed by atoms with van der Waals surface area (Å²) >= 11 is 0. The highest BCUT2D eigenvalue weighted by molar-refractivity contribution is 5.87. The van der Waals surface area contributed by atoms with Gasteiger partial charge in [0, 0.05) is 31.3 Å². The van der Waals surface area contributed by atoms with Gasteiger partial charge in [-0.25, -0.2) is 14.5 Å². The third-order valence-corrected chi connectivity index (χ3v) is 4.27. The van der Waals surface area contributed by atoms with Crippen molar-refractivity contribution in [1.82, 2.24) is 4.90 Å². The number of amides is 2. The molecule has 0 heterocycles. The molecule has 2 amide bonds. The highest BCUT2D eigenvalue weighted by atomic mass is 16.6. The van der Waals surface area contributed by atoms with Crippen LogP contribution in [0.3, 0.4) is 0 Å². The van der Waals surface area contributed by atoms with Crippen LogP contribution in [0.4, 0.5) is 32.3 Å². The Morgan fingerprint density at radius 2 is 0.941 bits per heavy atom. The summed E-state index contributed by atoms with van der Waals surface area (Å²) in [6.07, 6.45) is -2.87. The maximum atomic E-state index is 12.1. The van der Waals surface area contributed by atoms with Gasteiger partial charge < -0.3 is 9.47 Å². The first kappa shape index (κ1) is 25.0. The summed E-state index contributed by atoms with van der Waals surface area (Å²) in [5.41, 5.74) is -3.87. The number of hydrogen-bond donors (Lipinski definition) is 0. The molecule has 0 spiro atoms. The molecule has 0 unspecified atom stereocenters. The molecule has 0 fully saturated rings. The minimum absolute atomic E-state index is 0.223. The molecule has 0 saturated heterocycles. The van der Waals surface area contributed by atoms with Crippen LogP contribution in [-0.4, -0.2) is 43.8 Å². The Kier molecular flexibility index (Phi) is 7.66. The molecular formula is C17H13N5O12. The molecule has 2 aromatic rings. The summed E-state index contributed by atoms with van der Waals surface area (Å²) in [6.45, 7) is -1.89. The SMILES string of the molecule is CN(C(=O)OCc1c([N+](=O)[O-])cccc1[N+](=O)[O-])C(=O)OCc1c([N+](=O)[O-])cccc1[N+](=O)[O-]. The number of nitro benzene ring substituents is 4. The van der Waals surface area contributed by atoms with Gasteiger partial charge in [-0.3, -0.25) is 40.5 Å². The van der Waals surface area contributed by atoms with Crippen molar-refractivity contribution in [1.29, 1.82) is 0 Å². The van der Waals surface area contributed by atoms with E-state index in [-0.39, 0.29) is 4.90 Å². The second kappa shape index (κ2) is 10.4. The van der Waals surface area contributed by atoms with Crippen LogP contribution >= 0.6 is 0 Å². The fourth-order valence-electron chi connectivity index (χ4n) is 2.64. The zero-order chi connectivity index (χ0) is 25.6. The molecule has 0 aromatic heterocycles. The van der Waals surface area contributed by atoms with E-state index >= 15 is 0 Å². The van der Waals surface area contributed by atoms with Crippen LogP contribution in [0.1, 0.15) is 11.1 Å². The van der Waals surface area contributed by atoms with Crippen LogP contribution in [0.5, 0.6) is 0 Å². The first-order valence-electron chi connectivity index (χ1n) is 8.84. The first-order chi connectivity index (χ1) is 16.0. The van der Waals surface area contributed by atoms with Gasteiger partial charge in [-0.15, -0.1) is 0 Å². The molecule has 178 valence electrons. The summed E-state index contributed by atoms with van der Waals surface area (Å²) in [7, 11) is 0.853. The lowest BCUT2D eigenvalue weighted by atomic mass is 10.1. The van der Waals surface area contributed by atoms with E-state index in [4.69, 9.17) is 9.47 Å². The smallest absolute Gasteiger partial charge is 0.419 e. The molecular weight excluding hydrogens is 466 g/mol. The lowest BCUT2D eigenvalue weighted by Crippen LogP contribution is -2.34. The van der Waals surface area contributed by atoms with Crippen molar-refractivity contribution in [2.45, 2.75) is 13.2 Å². The lowest BCUT2D eigenvalue weighted by Gasteiger charge is -2.15. The normalized spacial score (nSPS) is 10.1. The summed E-state index contributed by atoms with van der Waals surface area (Å²) in [6, 6.07) is 5.93. The van der Waals surface area contributed by atoms with E-state index in [1.54, 1.807) is 0 Å². The number of nitrogens with zero attached hydrogens (tertiary/aromatic N) is 5. The number of nitro groups is 4. The number of hydrogen-bond acceptors (Lipinski definition) is 12. The molecule has 2 aromatic carbocycles. The minimum Gasteiger partial charge on any atom is -0.444 e. The van der Waals surface area contributed by atoms with E-state index in [0.717, 1.165) is 43.4 Å². The Bertz CT molecular complexity index is 1040. The van der Waals surface area contributed by atoms with E-state index in [0.29, 0.717) is 0 Å². The molecule has 0 bridgehead atoms. The second-order valence-corrected chi connectivity index (χ2v) is 6.25. The van der Waals surface area contributed by atoms with Crippen molar-refractivity contribution >= 4 is 34.9 Å². The molecule has 17 heteroatoms. The standard InChI is InChI=1S/C17H13N5O12/c1-18(16(23)33-8-10-12(19(25)26)4-2-5-13(10)20(27)28)17(24)34-9-11-14(21(29)30)6-3-7-15(11)22(31)32/h2-7H,8-9H2,1H3. The fraction of sp³-hybridized carbons (Fsp3) is 0.176. The first-order valence-corrected chi connectivity index (χ1v) is 8.84. The number of imide groups is 1. The predicted molar refractivity (Wildman–Crippen MR) is 108 cm³/mol. The topological polar surface area (TPSA) is 228 Å². The molecule has 17 nitrogen and oxygen atoms in total. The molecule has 0 aliphatic carbocycles. The van der Waals surface area contributed by atoms with Gasteiger partial charge in [0.1, 0.15) is 24.3 Å². The number of carbonyl (C=O) groups excluding carboxylic acids is 2. The number of ether oxygens (including phenoxy) is 2. The average Bonchev–Trinajstić information content (AvgIpc) is 2.79. The number of rotatable bonds is 8. The van der Waals surface area contributed by atoms with Crippen LogP contribution in [0.2, 0.25) is 0 Å². The fourth-order valence-corrected chi connectivity index (χ4v) is 2.64. The molecule has 2 rings (SSSR count). The van der Waals surface area contributed by atoms with Gasteiger partial charge in [0.05, 0.1) is 19.7 Å². The van der Waals surface area contributed by atoms with Gasteiger partial charge in [0.2, 0.25) is 0 Å². The quantitative estimate of drug-likeness (QED) is 0.392. The van der Waals surface area contributed by atoms with E-state index < -0.39 is 79.0 Å². The highest BCUT2D eigenvalue weighted by Crippen LogP contribution is 2.30. The van der Waals surface area contributed by atoms with Crippen LogP contribution in [0.15, 0.2) is 36.4 Å². The Balaban J connectivity index is 2.14. The van der Waals surface area contributed by atoms with Gasteiger partial charge in [0.25, 0.3) is 22.7 Å². The Morgan fingerprint density at radius 1 is 0.676 bits per heavy atom. The molecule has 0 aliphatic rings. The van der Waals surface area contributed by atoms with E-state index in [1.165, 1.54) is 0 Å². The molecule has 0 radical (unpaired) electrons. The number of carbonyl (C=O) groups is 2. The van der Waals surface area contributed by atoms with Crippen LogP contribution < -0.4 is 0 Å². The third kappa shape index (κ3) is 5.52. The van der Waals surface area contributed by atoms with Crippen molar-refractivity contribution < 1.29 is 38.8 Å². The zero-order valence-electron chi connectivity index (χ0n) is 17.0. The highest BCUT2D eigenvalue weighted by Gasteiger charge is 2.29. The average molecular weight is 479 g/mol. The Labute approximate surface area is 187 Å². The zero-order valence-corrected chi connectivity index (χ0v) is 17.0. The summed E-state index contributed by atoms with van der Waals surface area (Å²) in [4.78, 5) is 65.3. The maximum Gasteiger partial charge on any atom is 0.419 e. The van der Waals surface area contributed by atoms with Crippen LogP contribution in [0.25, 0.3) is 0 Å². The molecule has 0 N–H and O–H groups in total. The monoisotopic (exact) mass is 479 g/mol. The van der Waals surface area contributed by atoms with Gasteiger partial charge in [-0.05, 0) is 12.1 Å². The van der Waals surface area contributed by atoms with Gasteiger partial charge in [0.15, 0.2) is 0 Å². The molecule has 0 saturated carbocycles.